The van der Waals surface area contributed by atoms with E-state index in [1.807, 2.05) is 49.0 Å². The van der Waals surface area contributed by atoms with Crippen LogP contribution in [-0.2, 0) is 6.54 Å². The fraction of sp³-hybridized carbons (Fsp3) is 0.450. The van der Waals surface area contributed by atoms with Crippen molar-refractivity contribution in [3.8, 4) is 0 Å². The van der Waals surface area contributed by atoms with Crippen LogP contribution < -0.4 is 20.4 Å². The van der Waals surface area contributed by atoms with Gasteiger partial charge in [-0.25, -0.2) is 19.4 Å². The van der Waals surface area contributed by atoms with E-state index in [9.17, 15) is 4.39 Å². The molecular formula is C20H29FIN7. The number of hydrogen-bond donors (Lipinski definition) is 2. The number of anilines is 2. The van der Waals surface area contributed by atoms with Gasteiger partial charge in [0, 0.05) is 46.0 Å². The fourth-order valence-electron chi connectivity index (χ4n) is 3.16. The van der Waals surface area contributed by atoms with Gasteiger partial charge in [-0.3, -0.25) is 0 Å². The van der Waals surface area contributed by atoms with Crippen molar-refractivity contribution in [2.45, 2.75) is 25.9 Å². The number of nitrogens with zero attached hydrogens (tertiary/aromatic N) is 5. The molecule has 1 fully saturated rings. The molecule has 0 aromatic carbocycles. The van der Waals surface area contributed by atoms with Crippen molar-refractivity contribution in [2.24, 2.45) is 4.99 Å². The van der Waals surface area contributed by atoms with Crippen LogP contribution in [0.4, 0.5) is 16.0 Å². The smallest absolute Gasteiger partial charge is 0.191 e. The molecule has 1 unspecified atom stereocenters. The molecule has 2 aromatic rings. The summed E-state index contributed by atoms with van der Waals surface area (Å²) in [4.78, 5) is 17.4. The van der Waals surface area contributed by atoms with Gasteiger partial charge in [-0.1, -0.05) is 6.07 Å². The van der Waals surface area contributed by atoms with Gasteiger partial charge in [0.1, 0.15) is 5.82 Å². The average molecular weight is 513 g/mol. The van der Waals surface area contributed by atoms with E-state index in [2.05, 4.69) is 25.6 Å². The summed E-state index contributed by atoms with van der Waals surface area (Å²) < 4.78 is 14.0. The number of nitrogens with one attached hydrogen (secondary N) is 2. The molecule has 0 aliphatic carbocycles. The summed E-state index contributed by atoms with van der Waals surface area (Å²) in [5.41, 5.74) is 0.909. The summed E-state index contributed by atoms with van der Waals surface area (Å²) in [6, 6.07) is 9.18. The van der Waals surface area contributed by atoms with E-state index in [-0.39, 0.29) is 35.8 Å². The summed E-state index contributed by atoms with van der Waals surface area (Å²) in [5, 5.41) is 6.73. The van der Waals surface area contributed by atoms with Crippen LogP contribution in [0.3, 0.4) is 0 Å². The van der Waals surface area contributed by atoms with Gasteiger partial charge in [0.2, 0.25) is 0 Å². The first-order valence-corrected chi connectivity index (χ1v) is 9.60. The monoisotopic (exact) mass is 513 g/mol. The topological polar surface area (TPSA) is 68.7 Å². The number of pyridine rings is 2. The lowest BCUT2D eigenvalue weighted by Crippen LogP contribution is -2.44. The Morgan fingerprint density at radius 3 is 2.86 bits per heavy atom. The van der Waals surface area contributed by atoms with Crippen molar-refractivity contribution in [1.29, 1.82) is 0 Å². The summed E-state index contributed by atoms with van der Waals surface area (Å²) in [6.07, 6.45) is 2.52. The normalized spacial score (nSPS) is 16.3. The maximum Gasteiger partial charge on any atom is 0.191 e. The Kier molecular flexibility index (Phi) is 8.87. The zero-order valence-electron chi connectivity index (χ0n) is 17.1. The van der Waals surface area contributed by atoms with Crippen molar-refractivity contribution in [2.75, 3.05) is 43.5 Å². The molecule has 0 bridgehead atoms. The van der Waals surface area contributed by atoms with Gasteiger partial charge in [-0.15, -0.1) is 24.0 Å². The zero-order chi connectivity index (χ0) is 19.9. The van der Waals surface area contributed by atoms with Crippen molar-refractivity contribution in [3.63, 3.8) is 0 Å². The number of aliphatic imine (C=N–C) groups is 1. The molecule has 3 rings (SSSR count). The van der Waals surface area contributed by atoms with Gasteiger partial charge in [-0.05, 0) is 37.6 Å². The molecule has 1 saturated heterocycles. The molecular weight excluding hydrogens is 484 g/mol. The molecule has 0 saturated carbocycles. The lowest BCUT2D eigenvalue weighted by molar-refractivity contribution is 0.612. The Hall–Kier alpha value is -2.17. The van der Waals surface area contributed by atoms with Crippen molar-refractivity contribution in [1.82, 2.24) is 20.6 Å². The lowest BCUT2D eigenvalue weighted by Gasteiger charge is -2.20. The highest BCUT2D eigenvalue weighted by Gasteiger charge is 2.25. The number of halogens is 2. The molecule has 2 aromatic heterocycles. The number of hydrogen-bond acceptors (Lipinski definition) is 5. The molecule has 3 heterocycles. The first-order chi connectivity index (χ1) is 13.6. The second kappa shape index (κ2) is 11.1. The van der Waals surface area contributed by atoms with Crippen molar-refractivity contribution < 1.29 is 4.39 Å². The summed E-state index contributed by atoms with van der Waals surface area (Å²) in [7, 11) is 3.94. The third-order valence-corrected chi connectivity index (χ3v) is 4.56. The third kappa shape index (κ3) is 6.41. The molecule has 0 radical (unpaired) electrons. The predicted octanol–water partition coefficient (Wildman–Crippen LogP) is 2.63. The molecule has 9 heteroatoms. The van der Waals surface area contributed by atoms with Gasteiger partial charge in [0.15, 0.2) is 17.6 Å². The van der Waals surface area contributed by atoms with Gasteiger partial charge in [0.05, 0.1) is 12.2 Å². The molecule has 0 spiro atoms. The van der Waals surface area contributed by atoms with Crippen LogP contribution in [0.15, 0.2) is 41.5 Å². The quantitative estimate of drug-likeness (QED) is 0.352. The van der Waals surface area contributed by atoms with Crippen LogP contribution in [0.5, 0.6) is 0 Å². The van der Waals surface area contributed by atoms with E-state index in [1.54, 1.807) is 12.3 Å². The molecule has 1 atom stereocenters. The van der Waals surface area contributed by atoms with Crippen LogP contribution in [0.25, 0.3) is 0 Å². The second-order valence-electron chi connectivity index (χ2n) is 6.96. The maximum atomic E-state index is 14.0. The van der Waals surface area contributed by atoms with Gasteiger partial charge in [0.25, 0.3) is 0 Å². The Labute approximate surface area is 188 Å². The standard InChI is InChI=1S/C20H28FN7.HI/c1-4-22-20(24-13-15-7-5-9-18(25-15)27(2)3)26-16-10-12-28(14-16)19-17(21)8-6-11-23-19;/h5-9,11,16H,4,10,12-14H2,1-3H3,(H2,22,24,26);1H. The predicted molar refractivity (Wildman–Crippen MR) is 127 cm³/mol. The Morgan fingerprint density at radius 2 is 2.14 bits per heavy atom. The molecule has 0 amide bonds. The Bertz CT molecular complexity index is 815. The van der Waals surface area contributed by atoms with Gasteiger partial charge in [-0.2, -0.15) is 0 Å². The third-order valence-electron chi connectivity index (χ3n) is 4.56. The Morgan fingerprint density at radius 1 is 1.31 bits per heavy atom. The molecule has 158 valence electrons. The van der Waals surface area contributed by atoms with Crippen LogP contribution in [0.2, 0.25) is 0 Å². The van der Waals surface area contributed by atoms with E-state index < -0.39 is 0 Å². The minimum absolute atomic E-state index is 0. The largest absolute Gasteiger partial charge is 0.363 e. The van der Waals surface area contributed by atoms with E-state index in [0.29, 0.717) is 18.9 Å². The molecule has 7 nitrogen and oxygen atoms in total. The highest BCUT2D eigenvalue weighted by molar-refractivity contribution is 14.0. The van der Waals surface area contributed by atoms with E-state index in [4.69, 9.17) is 0 Å². The summed E-state index contributed by atoms with van der Waals surface area (Å²) in [6.45, 7) is 4.74. The number of guanidine groups is 1. The highest BCUT2D eigenvalue weighted by atomic mass is 127. The minimum Gasteiger partial charge on any atom is -0.363 e. The SMILES string of the molecule is CCNC(=NCc1cccc(N(C)C)n1)NC1CCN(c2ncccc2F)C1.I. The zero-order valence-corrected chi connectivity index (χ0v) is 19.4. The first-order valence-electron chi connectivity index (χ1n) is 9.60. The van der Waals surface area contributed by atoms with E-state index >= 15 is 0 Å². The molecule has 1 aliphatic rings. The minimum atomic E-state index is -0.282. The number of rotatable bonds is 6. The van der Waals surface area contributed by atoms with E-state index in [1.165, 1.54) is 6.07 Å². The van der Waals surface area contributed by atoms with Gasteiger partial charge < -0.3 is 20.4 Å². The van der Waals surface area contributed by atoms with Crippen molar-refractivity contribution in [3.05, 3.63) is 48.0 Å². The fourth-order valence-corrected chi connectivity index (χ4v) is 3.16. The van der Waals surface area contributed by atoms with Crippen LogP contribution in [0.1, 0.15) is 19.0 Å². The van der Waals surface area contributed by atoms with Crippen LogP contribution >= 0.6 is 24.0 Å². The van der Waals surface area contributed by atoms with Crippen LogP contribution in [-0.4, -0.2) is 55.7 Å². The summed E-state index contributed by atoms with van der Waals surface area (Å²) >= 11 is 0. The second-order valence-corrected chi connectivity index (χ2v) is 6.96. The highest BCUT2D eigenvalue weighted by Crippen LogP contribution is 2.20. The van der Waals surface area contributed by atoms with Crippen molar-refractivity contribution >= 4 is 41.6 Å². The van der Waals surface area contributed by atoms with E-state index in [0.717, 1.165) is 37.0 Å². The van der Waals surface area contributed by atoms with Gasteiger partial charge >= 0.3 is 0 Å². The maximum absolute atomic E-state index is 14.0. The Balaban J connectivity index is 0.00000300. The molecule has 1 aliphatic heterocycles. The number of aromatic nitrogens is 2. The first kappa shape index (κ1) is 23.1. The molecule has 29 heavy (non-hydrogen) atoms. The average Bonchev–Trinajstić information content (AvgIpc) is 3.15. The molecule has 2 N–H and O–H groups in total. The lowest BCUT2D eigenvalue weighted by atomic mass is 10.3. The summed E-state index contributed by atoms with van der Waals surface area (Å²) in [5.74, 6) is 1.79. The van der Waals surface area contributed by atoms with Crippen LogP contribution in [0, 0.1) is 5.82 Å².